The Morgan fingerprint density at radius 2 is 2.04 bits per heavy atom. The van der Waals surface area contributed by atoms with Crippen molar-refractivity contribution in [2.24, 2.45) is 0 Å². The van der Waals surface area contributed by atoms with Gasteiger partial charge in [0, 0.05) is 25.6 Å². The molecular weight excluding hydrogens is 376 g/mol. The summed E-state index contributed by atoms with van der Waals surface area (Å²) in [5.41, 5.74) is 2.16. The molecule has 2 aliphatic rings. The van der Waals surface area contributed by atoms with Gasteiger partial charge in [0.25, 0.3) is 5.91 Å². The third-order valence-corrected chi connectivity index (χ3v) is 6.59. The minimum Gasteiger partial charge on any atom is -0.340 e. The van der Waals surface area contributed by atoms with Gasteiger partial charge in [0.05, 0.1) is 4.91 Å². The molecule has 0 radical (unpaired) electrons. The Morgan fingerprint density at radius 1 is 1.30 bits per heavy atom. The van der Waals surface area contributed by atoms with Gasteiger partial charge in [0.1, 0.15) is 4.32 Å². The monoisotopic (exact) mass is 402 g/mol. The summed E-state index contributed by atoms with van der Waals surface area (Å²) in [5, 5.41) is 0. The van der Waals surface area contributed by atoms with E-state index in [9.17, 15) is 9.59 Å². The molecule has 2 aliphatic heterocycles. The van der Waals surface area contributed by atoms with Crippen molar-refractivity contribution >= 4 is 46.2 Å². The number of aryl methyl sites for hydroxylation is 1. The fourth-order valence-corrected chi connectivity index (χ4v) is 4.92. The molecule has 1 atom stereocenters. The summed E-state index contributed by atoms with van der Waals surface area (Å²) in [4.78, 5) is 29.6. The smallest absolute Gasteiger partial charge is 0.266 e. The van der Waals surface area contributed by atoms with Crippen LogP contribution in [-0.2, 0) is 9.59 Å². The molecule has 0 aliphatic carbocycles. The van der Waals surface area contributed by atoms with E-state index in [1.54, 1.807) is 4.90 Å². The number of amides is 2. The molecule has 0 bridgehead atoms. The molecule has 1 aromatic rings. The normalized spacial score (nSPS) is 22.0. The van der Waals surface area contributed by atoms with Gasteiger partial charge in [-0.1, -0.05) is 60.7 Å². The lowest BCUT2D eigenvalue weighted by Crippen LogP contribution is -2.44. The van der Waals surface area contributed by atoms with Gasteiger partial charge < -0.3 is 4.90 Å². The Hall–Kier alpha value is -1.66. The predicted octanol–water partition coefficient (Wildman–Crippen LogP) is 4.38. The molecule has 2 heterocycles. The fraction of sp³-hybridized carbons (Fsp3) is 0.476. The Kier molecular flexibility index (Phi) is 6.71. The molecule has 144 valence electrons. The predicted molar refractivity (Wildman–Crippen MR) is 115 cm³/mol. The van der Waals surface area contributed by atoms with Crippen molar-refractivity contribution in [3.05, 3.63) is 40.3 Å². The van der Waals surface area contributed by atoms with Crippen LogP contribution < -0.4 is 0 Å². The van der Waals surface area contributed by atoms with Crippen LogP contribution >= 0.6 is 24.0 Å². The lowest BCUT2D eigenvalue weighted by Gasteiger charge is -2.35. The van der Waals surface area contributed by atoms with Gasteiger partial charge in [-0.3, -0.25) is 14.5 Å². The number of nitrogens with zero attached hydrogens (tertiary/aromatic N) is 2. The van der Waals surface area contributed by atoms with Crippen LogP contribution in [0.5, 0.6) is 0 Å². The van der Waals surface area contributed by atoms with Crippen LogP contribution in [0.1, 0.15) is 50.2 Å². The maximum absolute atomic E-state index is 12.7. The van der Waals surface area contributed by atoms with Crippen molar-refractivity contribution in [3.63, 3.8) is 0 Å². The lowest BCUT2D eigenvalue weighted by atomic mass is 9.99. The lowest BCUT2D eigenvalue weighted by molar-refractivity contribution is -0.135. The molecule has 27 heavy (non-hydrogen) atoms. The number of rotatable bonds is 5. The second-order valence-corrected chi connectivity index (χ2v) is 8.81. The minimum atomic E-state index is -0.0935. The van der Waals surface area contributed by atoms with E-state index in [0.717, 1.165) is 31.4 Å². The first kappa shape index (κ1) is 20.1. The van der Waals surface area contributed by atoms with Crippen LogP contribution in [0.3, 0.4) is 0 Å². The zero-order valence-electron chi connectivity index (χ0n) is 15.9. The van der Waals surface area contributed by atoms with Gasteiger partial charge in [-0.2, -0.15) is 0 Å². The van der Waals surface area contributed by atoms with Gasteiger partial charge in [-0.25, -0.2) is 0 Å². The van der Waals surface area contributed by atoms with Crippen molar-refractivity contribution < 1.29 is 9.59 Å². The number of thioether (sulfide) groups is 1. The highest BCUT2D eigenvalue weighted by Gasteiger charge is 2.33. The van der Waals surface area contributed by atoms with E-state index in [1.165, 1.54) is 23.7 Å². The molecule has 2 fully saturated rings. The highest BCUT2D eigenvalue weighted by atomic mass is 32.2. The SMILES string of the molecule is CC[C@H]1CCCCN1C(=O)CCN1C(=O)/C(=C\c2ccc(C)cc2)SC1=S. The van der Waals surface area contributed by atoms with E-state index in [2.05, 4.69) is 6.92 Å². The van der Waals surface area contributed by atoms with Crippen molar-refractivity contribution in [2.75, 3.05) is 13.1 Å². The van der Waals surface area contributed by atoms with Crippen LogP contribution in [0.4, 0.5) is 0 Å². The Morgan fingerprint density at radius 3 is 2.74 bits per heavy atom. The summed E-state index contributed by atoms with van der Waals surface area (Å²) in [5.74, 6) is 0.0437. The van der Waals surface area contributed by atoms with E-state index in [1.807, 2.05) is 42.2 Å². The summed E-state index contributed by atoms with van der Waals surface area (Å²) in [6, 6.07) is 8.38. The summed E-state index contributed by atoms with van der Waals surface area (Å²) < 4.78 is 0.539. The van der Waals surface area contributed by atoms with E-state index in [0.29, 0.717) is 28.2 Å². The second-order valence-electron chi connectivity index (χ2n) is 7.14. The molecule has 6 heteroatoms. The van der Waals surface area contributed by atoms with Gasteiger partial charge in [-0.05, 0) is 44.2 Å². The quantitative estimate of drug-likeness (QED) is 0.541. The summed E-state index contributed by atoms with van der Waals surface area (Å²) in [7, 11) is 0. The standard InChI is InChI=1S/C21H26N2O2S2/c1-3-17-6-4-5-12-22(17)19(24)11-13-23-20(25)18(27-21(23)26)14-16-9-7-15(2)8-10-16/h7-10,14,17H,3-6,11-13H2,1-2H3/b18-14+/t17-/m0/s1. The number of hydrogen-bond donors (Lipinski definition) is 0. The van der Waals surface area contributed by atoms with E-state index >= 15 is 0 Å². The number of carbonyl (C=O) groups excluding carboxylic acids is 2. The van der Waals surface area contributed by atoms with Crippen molar-refractivity contribution in [3.8, 4) is 0 Å². The highest BCUT2D eigenvalue weighted by Crippen LogP contribution is 2.33. The number of thiocarbonyl (C=S) groups is 1. The van der Waals surface area contributed by atoms with Crippen molar-refractivity contribution in [2.45, 2.75) is 52.0 Å². The third-order valence-electron chi connectivity index (χ3n) is 5.22. The average Bonchev–Trinajstić information content (AvgIpc) is 2.94. The van der Waals surface area contributed by atoms with E-state index < -0.39 is 0 Å². The number of benzene rings is 1. The topological polar surface area (TPSA) is 40.6 Å². The molecular formula is C21H26N2O2S2. The maximum Gasteiger partial charge on any atom is 0.266 e. The number of hydrogen-bond acceptors (Lipinski definition) is 4. The Labute approximate surface area is 171 Å². The Balaban J connectivity index is 1.62. The second kappa shape index (κ2) is 9.02. The molecule has 1 aromatic carbocycles. The average molecular weight is 403 g/mol. The highest BCUT2D eigenvalue weighted by molar-refractivity contribution is 8.26. The van der Waals surface area contributed by atoms with E-state index in [-0.39, 0.29) is 11.8 Å². The zero-order valence-corrected chi connectivity index (χ0v) is 17.6. The first-order valence-corrected chi connectivity index (χ1v) is 10.8. The summed E-state index contributed by atoms with van der Waals surface area (Å²) in [6.07, 6.45) is 6.55. The first-order chi connectivity index (χ1) is 13.0. The molecule has 0 aromatic heterocycles. The largest absolute Gasteiger partial charge is 0.340 e. The molecule has 2 amide bonds. The van der Waals surface area contributed by atoms with Gasteiger partial charge in [0.2, 0.25) is 5.91 Å². The van der Waals surface area contributed by atoms with Crippen LogP contribution in [-0.4, -0.2) is 45.1 Å². The number of likely N-dealkylation sites (tertiary alicyclic amines) is 1. The Bertz CT molecular complexity index is 758. The zero-order chi connectivity index (χ0) is 19.4. The third kappa shape index (κ3) is 4.79. The van der Waals surface area contributed by atoms with Gasteiger partial charge in [-0.15, -0.1) is 0 Å². The fourth-order valence-electron chi connectivity index (χ4n) is 3.61. The summed E-state index contributed by atoms with van der Waals surface area (Å²) >= 11 is 6.71. The van der Waals surface area contributed by atoms with Crippen LogP contribution in [0, 0.1) is 6.92 Å². The van der Waals surface area contributed by atoms with Gasteiger partial charge in [0.15, 0.2) is 0 Å². The summed E-state index contributed by atoms with van der Waals surface area (Å²) in [6.45, 7) is 5.37. The van der Waals surface area contributed by atoms with Gasteiger partial charge >= 0.3 is 0 Å². The molecule has 3 rings (SSSR count). The maximum atomic E-state index is 12.7. The van der Waals surface area contributed by atoms with E-state index in [4.69, 9.17) is 12.2 Å². The van der Waals surface area contributed by atoms with Crippen LogP contribution in [0.25, 0.3) is 6.08 Å². The minimum absolute atomic E-state index is 0.0935. The molecule has 0 N–H and O–H groups in total. The molecule has 0 spiro atoms. The van der Waals surface area contributed by atoms with Crippen LogP contribution in [0.2, 0.25) is 0 Å². The molecule has 0 unspecified atom stereocenters. The number of carbonyl (C=O) groups is 2. The molecule has 0 saturated carbocycles. The van der Waals surface area contributed by atoms with Crippen LogP contribution in [0.15, 0.2) is 29.2 Å². The molecule has 2 saturated heterocycles. The van der Waals surface area contributed by atoms with Crippen molar-refractivity contribution in [1.29, 1.82) is 0 Å². The first-order valence-electron chi connectivity index (χ1n) is 9.61. The van der Waals surface area contributed by atoms with Crippen molar-refractivity contribution in [1.82, 2.24) is 9.80 Å². The molecule has 4 nitrogen and oxygen atoms in total. The number of piperidine rings is 1.